The summed E-state index contributed by atoms with van der Waals surface area (Å²) in [5, 5.41) is 4.20. The fourth-order valence-electron chi connectivity index (χ4n) is 1.73. The van der Waals surface area contributed by atoms with Crippen LogP contribution in [0.5, 0.6) is 0 Å². The Morgan fingerprint density at radius 3 is 2.93 bits per heavy atom. The highest BCUT2D eigenvalue weighted by atomic mass is 16.1. The minimum atomic E-state index is 0.267. The Hall–Kier alpha value is -1.38. The van der Waals surface area contributed by atoms with Gasteiger partial charge in [0, 0.05) is 19.2 Å². The first-order valence-corrected chi connectivity index (χ1v) is 5.01. The van der Waals surface area contributed by atoms with Gasteiger partial charge < -0.3 is 0 Å². The Kier molecular flexibility index (Phi) is 2.48. The molecule has 0 radical (unpaired) electrons. The topological polar surface area (TPSA) is 34.9 Å². The van der Waals surface area contributed by atoms with Crippen LogP contribution in [0.15, 0.2) is 24.0 Å². The zero-order valence-electron chi connectivity index (χ0n) is 8.36. The van der Waals surface area contributed by atoms with Gasteiger partial charge >= 0.3 is 0 Å². The van der Waals surface area contributed by atoms with Gasteiger partial charge in [0.25, 0.3) is 0 Å². The summed E-state index contributed by atoms with van der Waals surface area (Å²) in [7, 11) is 0. The number of rotatable bonds is 3. The Labute approximate surface area is 83.4 Å². The van der Waals surface area contributed by atoms with Gasteiger partial charge in [0.1, 0.15) is 0 Å². The molecule has 3 nitrogen and oxygen atoms in total. The molecule has 0 aliphatic heterocycles. The van der Waals surface area contributed by atoms with E-state index in [1.165, 1.54) is 11.1 Å². The lowest BCUT2D eigenvalue weighted by Crippen LogP contribution is -1.92. The van der Waals surface area contributed by atoms with Crippen LogP contribution < -0.4 is 0 Å². The van der Waals surface area contributed by atoms with E-state index in [0.717, 1.165) is 19.4 Å². The third-order valence-corrected chi connectivity index (χ3v) is 2.50. The second kappa shape index (κ2) is 3.78. The lowest BCUT2D eigenvalue weighted by molar-refractivity contribution is -0.114. The van der Waals surface area contributed by atoms with Crippen LogP contribution in [-0.4, -0.2) is 15.6 Å². The van der Waals surface area contributed by atoms with Crippen LogP contribution >= 0.6 is 0 Å². The lowest BCUT2D eigenvalue weighted by atomic mass is 10.1. The maximum atomic E-state index is 11.0. The molecule has 0 aromatic carbocycles. The number of ketones is 1. The molecule has 0 bridgehead atoms. The summed E-state index contributed by atoms with van der Waals surface area (Å²) in [6.07, 6.45) is 8.21. The maximum absolute atomic E-state index is 11.0. The molecular weight excluding hydrogens is 176 g/mol. The van der Waals surface area contributed by atoms with E-state index in [-0.39, 0.29) is 5.78 Å². The molecule has 2 rings (SSSR count). The smallest absolute Gasteiger partial charge is 0.155 e. The van der Waals surface area contributed by atoms with Crippen LogP contribution in [0.1, 0.15) is 25.3 Å². The van der Waals surface area contributed by atoms with E-state index >= 15 is 0 Å². The van der Waals surface area contributed by atoms with Crippen molar-refractivity contribution in [3.63, 3.8) is 0 Å². The summed E-state index contributed by atoms with van der Waals surface area (Å²) in [5.41, 5.74) is 2.44. The van der Waals surface area contributed by atoms with E-state index in [2.05, 4.69) is 12.0 Å². The molecule has 0 saturated carbocycles. The van der Waals surface area contributed by atoms with Gasteiger partial charge in [-0.05, 0) is 31.4 Å². The molecule has 0 saturated heterocycles. The van der Waals surface area contributed by atoms with Crippen molar-refractivity contribution in [3.8, 4) is 0 Å². The Morgan fingerprint density at radius 2 is 2.36 bits per heavy atom. The second-order valence-corrected chi connectivity index (χ2v) is 3.65. The number of carbonyl (C=O) groups excluding carboxylic acids is 1. The molecule has 14 heavy (non-hydrogen) atoms. The monoisotopic (exact) mass is 190 g/mol. The molecule has 1 aliphatic rings. The Balaban J connectivity index is 2.04. The molecule has 0 amide bonds. The number of aryl methyl sites for hydroxylation is 1. The molecule has 0 spiro atoms. The SMILES string of the molecule is CCn1cc(CC2=CC(=O)CC2)cn1. The summed E-state index contributed by atoms with van der Waals surface area (Å²) >= 11 is 0. The first-order chi connectivity index (χ1) is 6.78. The van der Waals surface area contributed by atoms with E-state index in [1.54, 1.807) is 6.08 Å². The van der Waals surface area contributed by atoms with E-state index in [1.807, 2.05) is 17.1 Å². The predicted molar refractivity (Wildman–Crippen MR) is 53.9 cm³/mol. The lowest BCUT2D eigenvalue weighted by Gasteiger charge is -1.96. The van der Waals surface area contributed by atoms with Crippen LogP contribution in [0.2, 0.25) is 0 Å². The van der Waals surface area contributed by atoms with Crippen LogP contribution in [-0.2, 0) is 17.8 Å². The van der Waals surface area contributed by atoms with Gasteiger partial charge in [0.15, 0.2) is 5.78 Å². The normalized spacial score (nSPS) is 16.1. The van der Waals surface area contributed by atoms with Gasteiger partial charge in [-0.1, -0.05) is 5.57 Å². The van der Waals surface area contributed by atoms with E-state index in [4.69, 9.17) is 0 Å². The van der Waals surface area contributed by atoms with Crippen molar-refractivity contribution in [2.45, 2.75) is 32.7 Å². The number of aromatic nitrogens is 2. The molecule has 3 heteroatoms. The zero-order valence-corrected chi connectivity index (χ0v) is 8.36. The number of nitrogens with zero attached hydrogens (tertiary/aromatic N) is 2. The van der Waals surface area contributed by atoms with Gasteiger partial charge in [-0.25, -0.2) is 0 Å². The molecule has 0 unspecified atom stereocenters. The van der Waals surface area contributed by atoms with Crippen LogP contribution in [0, 0.1) is 0 Å². The molecule has 74 valence electrons. The van der Waals surface area contributed by atoms with Crippen molar-refractivity contribution in [1.29, 1.82) is 0 Å². The molecule has 1 aliphatic carbocycles. The fourth-order valence-corrected chi connectivity index (χ4v) is 1.73. The Bertz CT molecular complexity index is 376. The van der Waals surface area contributed by atoms with Crippen molar-refractivity contribution in [2.75, 3.05) is 0 Å². The average Bonchev–Trinajstić information content (AvgIpc) is 2.76. The molecule has 1 aromatic heterocycles. The standard InChI is InChI=1S/C11H14N2O/c1-2-13-8-10(7-12-13)5-9-3-4-11(14)6-9/h6-8H,2-5H2,1H3. The Morgan fingerprint density at radius 1 is 1.50 bits per heavy atom. The number of hydrogen-bond acceptors (Lipinski definition) is 2. The number of carbonyl (C=O) groups is 1. The molecule has 0 atom stereocenters. The first kappa shape index (κ1) is 9.19. The summed E-state index contributed by atoms with van der Waals surface area (Å²) in [6, 6.07) is 0. The fraction of sp³-hybridized carbons (Fsp3) is 0.455. The van der Waals surface area contributed by atoms with Gasteiger partial charge in [0.2, 0.25) is 0 Å². The minimum absolute atomic E-state index is 0.267. The van der Waals surface area contributed by atoms with Crippen molar-refractivity contribution >= 4 is 5.78 Å². The molecule has 1 heterocycles. The molecule has 0 fully saturated rings. The highest BCUT2D eigenvalue weighted by Crippen LogP contribution is 2.19. The van der Waals surface area contributed by atoms with E-state index in [0.29, 0.717) is 6.42 Å². The van der Waals surface area contributed by atoms with Crippen molar-refractivity contribution in [2.24, 2.45) is 0 Å². The van der Waals surface area contributed by atoms with Gasteiger partial charge in [0.05, 0.1) is 6.20 Å². The van der Waals surface area contributed by atoms with Gasteiger partial charge in [-0.3, -0.25) is 9.48 Å². The van der Waals surface area contributed by atoms with Crippen LogP contribution in [0.4, 0.5) is 0 Å². The van der Waals surface area contributed by atoms with Crippen LogP contribution in [0.3, 0.4) is 0 Å². The quantitative estimate of drug-likeness (QED) is 0.727. The average molecular weight is 190 g/mol. The summed E-state index contributed by atoms with van der Waals surface area (Å²) in [4.78, 5) is 11.0. The summed E-state index contributed by atoms with van der Waals surface area (Å²) in [6.45, 7) is 2.97. The van der Waals surface area contributed by atoms with E-state index < -0.39 is 0 Å². The zero-order chi connectivity index (χ0) is 9.97. The van der Waals surface area contributed by atoms with Gasteiger partial charge in [-0.2, -0.15) is 5.10 Å². The summed E-state index contributed by atoms with van der Waals surface area (Å²) < 4.78 is 1.91. The minimum Gasteiger partial charge on any atom is -0.295 e. The van der Waals surface area contributed by atoms with Crippen molar-refractivity contribution in [1.82, 2.24) is 9.78 Å². The molecule has 0 N–H and O–H groups in total. The number of hydrogen-bond donors (Lipinski definition) is 0. The van der Waals surface area contributed by atoms with Gasteiger partial charge in [-0.15, -0.1) is 0 Å². The van der Waals surface area contributed by atoms with Crippen LogP contribution in [0.25, 0.3) is 0 Å². The molecule has 1 aromatic rings. The number of allylic oxidation sites excluding steroid dienone is 2. The third-order valence-electron chi connectivity index (χ3n) is 2.50. The highest BCUT2D eigenvalue weighted by Gasteiger charge is 2.12. The third kappa shape index (κ3) is 1.92. The predicted octanol–water partition coefficient (Wildman–Crippen LogP) is 1.73. The largest absolute Gasteiger partial charge is 0.295 e. The first-order valence-electron chi connectivity index (χ1n) is 5.01. The van der Waals surface area contributed by atoms with Crippen molar-refractivity contribution in [3.05, 3.63) is 29.6 Å². The highest BCUT2D eigenvalue weighted by molar-refractivity contribution is 5.93. The van der Waals surface area contributed by atoms with E-state index in [9.17, 15) is 4.79 Å². The second-order valence-electron chi connectivity index (χ2n) is 3.65. The summed E-state index contributed by atoms with van der Waals surface area (Å²) in [5.74, 6) is 0.267. The van der Waals surface area contributed by atoms with Crippen molar-refractivity contribution < 1.29 is 4.79 Å². The maximum Gasteiger partial charge on any atom is 0.155 e. The molecular formula is C11H14N2O.